The number of alkyl halides is 2. The lowest BCUT2D eigenvalue weighted by Crippen LogP contribution is -2.46. The third-order valence-corrected chi connectivity index (χ3v) is 5.57. The summed E-state index contributed by atoms with van der Waals surface area (Å²) < 4.78 is 28.2. The summed E-state index contributed by atoms with van der Waals surface area (Å²) in [7, 11) is 0. The number of rotatable bonds is 8. The Labute approximate surface area is 173 Å². The number of halogens is 2. The van der Waals surface area contributed by atoms with Gasteiger partial charge in [0.1, 0.15) is 18.0 Å². The molecule has 2 aromatic heterocycles. The molecule has 3 N–H and O–H groups in total. The molecule has 0 aliphatic carbocycles. The highest BCUT2D eigenvalue weighted by atomic mass is 32.2. The fourth-order valence-electron chi connectivity index (χ4n) is 3.45. The first-order valence-corrected chi connectivity index (χ1v) is 10.7. The van der Waals surface area contributed by atoms with Crippen LogP contribution in [0.25, 0.3) is 17.5 Å². The Balaban J connectivity index is 1.75. The number of H-pyrrole nitrogens is 1. The number of aromatic nitrogens is 4. The van der Waals surface area contributed by atoms with Gasteiger partial charge in [-0.1, -0.05) is 11.9 Å². The highest BCUT2D eigenvalue weighted by molar-refractivity contribution is 7.96. The van der Waals surface area contributed by atoms with Crippen molar-refractivity contribution in [3.05, 3.63) is 30.5 Å². The molecule has 0 saturated carbocycles. The van der Waals surface area contributed by atoms with Crippen molar-refractivity contribution in [1.29, 1.82) is 5.41 Å². The van der Waals surface area contributed by atoms with Crippen molar-refractivity contribution < 1.29 is 8.78 Å². The van der Waals surface area contributed by atoms with Crippen molar-refractivity contribution in [3.8, 4) is 11.4 Å². The van der Waals surface area contributed by atoms with Gasteiger partial charge in [0.25, 0.3) is 6.43 Å². The Hall–Kier alpha value is -2.33. The maximum absolute atomic E-state index is 12.4. The van der Waals surface area contributed by atoms with E-state index < -0.39 is 12.1 Å². The van der Waals surface area contributed by atoms with E-state index in [9.17, 15) is 8.78 Å². The summed E-state index contributed by atoms with van der Waals surface area (Å²) in [5.41, 5.74) is 0.599. The molecule has 1 aliphatic rings. The number of allylic oxidation sites excluding steroid dienone is 1. The maximum atomic E-state index is 12.4. The first kappa shape index (κ1) is 21.4. The Bertz CT molecular complexity index is 855. The van der Waals surface area contributed by atoms with Crippen molar-refractivity contribution in [2.45, 2.75) is 32.2 Å². The molecule has 10 heteroatoms. The lowest BCUT2D eigenvalue weighted by atomic mass is 9.90. The molecule has 3 rings (SSSR count). The fourth-order valence-corrected chi connectivity index (χ4v) is 3.83. The van der Waals surface area contributed by atoms with Gasteiger partial charge in [-0.05, 0) is 44.1 Å². The Kier molecular flexibility index (Phi) is 7.32. The second kappa shape index (κ2) is 9.93. The molecule has 2 unspecified atom stereocenters. The molecular formula is C19H25F2N7S. The summed E-state index contributed by atoms with van der Waals surface area (Å²) in [6.45, 7) is 4.13. The van der Waals surface area contributed by atoms with Crippen molar-refractivity contribution in [3.63, 3.8) is 0 Å². The van der Waals surface area contributed by atoms with Crippen LogP contribution in [0.3, 0.4) is 0 Å². The second-order valence-corrected chi connectivity index (χ2v) is 7.62. The molecule has 156 valence electrons. The predicted octanol–water partition coefficient (Wildman–Crippen LogP) is 3.64. The van der Waals surface area contributed by atoms with E-state index in [1.54, 1.807) is 18.1 Å². The third-order valence-electron chi connectivity index (χ3n) is 5.11. The van der Waals surface area contributed by atoms with Gasteiger partial charge in [0.15, 0.2) is 0 Å². The zero-order valence-corrected chi connectivity index (χ0v) is 17.2. The van der Waals surface area contributed by atoms with Crippen LogP contribution in [0.5, 0.6) is 0 Å². The van der Waals surface area contributed by atoms with Crippen LogP contribution < -0.4 is 9.62 Å². The minimum atomic E-state index is -2.80. The van der Waals surface area contributed by atoms with E-state index in [2.05, 4.69) is 36.5 Å². The van der Waals surface area contributed by atoms with Crippen LogP contribution in [0, 0.1) is 11.3 Å². The highest BCUT2D eigenvalue weighted by Crippen LogP contribution is 2.29. The largest absolute Gasteiger partial charge is 0.353 e. The second-order valence-electron chi connectivity index (χ2n) is 6.92. The SMILES string of the molecule is CSNCC1CCCN(c2cc(-c3cnc(/C=C\C(=N)C(F)F)[nH]3)ncn2)C1C. The molecule has 0 amide bonds. The van der Waals surface area contributed by atoms with Gasteiger partial charge in [0.2, 0.25) is 0 Å². The quantitative estimate of drug-likeness (QED) is 0.445. The Morgan fingerprint density at radius 2 is 2.28 bits per heavy atom. The predicted molar refractivity (Wildman–Crippen MR) is 113 cm³/mol. The summed E-state index contributed by atoms with van der Waals surface area (Å²) in [5.74, 6) is 1.80. The monoisotopic (exact) mass is 421 g/mol. The van der Waals surface area contributed by atoms with Crippen LogP contribution in [0.15, 0.2) is 24.7 Å². The molecule has 0 bridgehead atoms. The fraction of sp³-hybridized carbons (Fsp3) is 0.474. The maximum Gasteiger partial charge on any atom is 0.279 e. The van der Waals surface area contributed by atoms with Crippen LogP contribution in [0.1, 0.15) is 25.6 Å². The standard InChI is InChI=1S/C19H25F2N7S/c1-12-13(9-26-29-2)4-3-7-28(12)18-8-15(24-11-25-18)16-10-23-17(27-16)6-5-14(22)19(20)21/h5-6,8,10-13,19,22,26H,3-4,7,9H2,1-2H3,(H,23,27)/b6-5-,22-14?. The van der Waals surface area contributed by atoms with E-state index in [1.165, 1.54) is 18.8 Å². The van der Waals surface area contributed by atoms with Gasteiger partial charge in [-0.25, -0.2) is 23.7 Å². The third kappa shape index (κ3) is 5.39. The molecule has 7 nitrogen and oxygen atoms in total. The van der Waals surface area contributed by atoms with Gasteiger partial charge in [-0.2, -0.15) is 0 Å². The molecule has 3 heterocycles. The number of nitrogens with zero attached hydrogens (tertiary/aromatic N) is 4. The number of imidazole rings is 1. The summed E-state index contributed by atoms with van der Waals surface area (Å²) in [4.78, 5) is 18.3. The van der Waals surface area contributed by atoms with Crippen LogP contribution >= 0.6 is 11.9 Å². The molecule has 29 heavy (non-hydrogen) atoms. The molecular weight excluding hydrogens is 396 g/mol. The molecule has 0 spiro atoms. The van der Waals surface area contributed by atoms with E-state index in [1.807, 2.05) is 12.3 Å². The Morgan fingerprint density at radius 3 is 3.03 bits per heavy atom. The number of hydrogen-bond acceptors (Lipinski definition) is 7. The van der Waals surface area contributed by atoms with E-state index in [4.69, 9.17) is 5.41 Å². The molecule has 1 saturated heterocycles. The van der Waals surface area contributed by atoms with Gasteiger partial charge in [-0.15, -0.1) is 0 Å². The molecule has 2 atom stereocenters. The van der Waals surface area contributed by atoms with E-state index in [0.717, 1.165) is 31.4 Å². The first-order valence-electron chi connectivity index (χ1n) is 9.44. The number of nitrogens with one attached hydrogen (secondary N) is 3. The van der Waals surface area contributed by atoms with Gasteiger partial charge >= 0.3 is 0 Å². The lowest BCUT2D eigenvalue weighted by molar-refractivity contribution is 0.226. The minimum Gasteiger partial charge on any atom is -0.353 e. The summed E-state index contributed by atoms with van der Waals surface area (Å²) in [5, 5.41) is 7.17. The molecule has 2 aromatic rings. The van der Waals surface area contributed by atoms with Crippen LogP contribution in [-0.4, -0.2) is 57.5 Å². The summed E-state index contributed by atoms with van der Waals surface area (Å²) in [6.07, 6.45) is 7.06. The van der Waals surface area contributed by atoms with Crippen molar-refractivity contribution in [1.82, 2.24) is 24.7 Å². The zero-order valence-electron chi connectivity index (χ0n) is 16.4. The molecule has 0 aromatic carbocycles. The number of piperidine rings is 1. The van der Waals surface area contributed by atoms with Crippen LogP contribution in [0.4, 0.5) is 14.6 Å². The minimum absolute atomic E-state index is 0.353. The Morgan fingerprint density at radius 1 is 1.45 bits per heavy atom. The van der Waals surface area contributed by atoms with Crippen molar-refractivity contribution >= 4 is 29.6 Å². The summed E-state index contributed by atoms with van der Waals surface area (Å²) >= 11 is 1.64. The number of hydrogen-bond donors (Lipinski definition) is 3. The van der Waals surface area contributed by atoms with E-state index >= 15 is 0 Å². The van der Waals surface area contributed by atoms with E-state index in [0.29, 0.717) is 29.2 Å². The number of aromatic amines is 1. The molecule has 1 fully saturated rings. The van der Waals surface area contributed by atoms with Crippen LogP contribution in [0.2, 0.25) is 0 Å². The average Bonchev–Trinajstić information content (AvgIpc) is 3.20. The molecule has 0 radical (unpaired) electrons. The van der Waals surface area contributed by atoms with Gasteiger partial charge in [0.05, 0.1) is 23.3 Å². The lowest BCUT2D eigenvalue weighted by Gasteiger charge is -2.40. The van der Waals surface area contributed by atoms with Gasteiger partial charge < -0.3 is 9.88 Å². The van der Waals surface area contributed by atoms with Gasteiger partial charge in [-0.3, -0.25) is 10.1 Å². The highest BCUT2D eigenvalue weighted by Gasteiger charge is 2.28. The van der Waals surface area contributed by atoms with Crippen molar-refractivity contribution in [2.24, 2.45) is 5.92 Å². The van der Waals surface area contributed by atoms with Gasteiger partial charge in [0, 0.05) is 25.2 Å². The molecule has 1 aliphatic heterocycles. The average molecular weight is 422 g/mol. The zero-order chi connectivity index (χ0) is 20.8. The van der Waals surface area contributed by atoms with Crippen molar-refractivity contribution in [2.75, 3.05) is 24.2 Å². The normalized spacial score (nSPS) is 20.0. The van der Waals surface area contributed by atoms with Crippen LogP contribution in [-0.2, 0) is 0 Å². The first-order chi connectivity index (χ1) is 14.0. The van der Waals surface area contributed by atoms with E-state index in [-0.39, 0.29) is 0 Å². The number of anilines is 1. The topological polar surface area (TPSA) is 93.6 Å². The summed E-state index contributed by atoms with van der Waals surface area (Å²) in [6, 6.07) is 2.27. The smallest absolute Gasteiger partial charge is 0.279 e.